The Labute approximate surface area is 462 Å². The van der Waals surface area contributed by atoms with Gasteiger partial charge in [-0.3, -0.25) is 0 Å². The SMILES string of the molecule is O=S(=O)(c1cc(-c2ccccc2)cc(-c2ccccc2)c1)c1cccc(S(=O)(=O)c2cc(-c3ccccc3)cc(-c3ccccc3)c2)c1.O=S(=O)(c1cc(Cl)cc(Cl)c1)c1cccc(S(=O)(=O)c2cc(Cl)cc(Cl)c2)c1. The smallest absolute Gasteiger partial charge is 0.206 e. The number of rotatable bonds is 12. The van der Waals surface area contributed by atoms with Gasteiger partial charge in [0, 0.05) is 20.1 Å². The average molecular weight is 1160 g/mol. The lowest BCUT2D eigenvalue weighted by molar-refractivity contribution is 0.591. The van der Waals surface area contributed by atoms with E-state index in [1.54, 1.807) is 24.3 Å². The van der Waals surface area contributed by atoms with Crippen molar-refractivity contribution < 1.29 is 33.7 Å². The van der Waals surface area contributed by atoms with E-state index in [4.69, 9.17) is 46.4 Å². The zero-order valence-corrected chi connectivity index (χ0v) is 45.8. The Bertz CT molecular complexity index is 3840. The van der Waals surface area contributed by atoms with Gasteiger partial charge in [0.2, 0.25) is 39.3 Å². The standard InChI is InChI=1S/C42H30O4S2.C18H10Cl4O4S2/c43-47(44,41-26-35(31-14-5-1-6-15-31)24-36(27-41)32-16-7-2-8-17-32)39-22-13-23-40(30-39)48(45,46)42-28-37(33-18-9-3-10-19-33)25-38(29-42)34-20-11-4-12-21-34;19-11-4-12(20)7-17(6-11)27(23,24)15-2-1-3-16(10-15)28(25,26)18-8-13(21)5-14(22)9-18/h1-30H;1-10H. The molecule has 0 atom stereocenters. The molecule has 10 aromatic carbocycles. The third-order valence-corrected chi connectivity index (χ3v) is 19.8. The molecule has 0 heterocycles. The summed E-state index contributed by atoms with van der Waals surface area (Å²) in [6.07, 6.45) is 0. The predicted octanol–water partition coefficient (Wildman–Crippen LogP) is 16.0. The highest BCUT2D eigenvalue weighted by molar-refractivity contribution is 7.93. The van der Waals surface area contributed by atoms with Crippen molar-refractivity contribution in [2.75, 3.05) is 0 Å². The topological polar surface area (TPSA) is 137 Å². The second kappa shape index (κ2) is 22.4. The number of hydrogen-bond donors (Lipinski definition) is 0. The van der Waals surface area contributed by atoms with Crippen LogP contribution in [0.1, 0.15) is 0 Å². The van der Waals surface area contributed by atoms with E-state index in [2.05, 4.69) is 0 Å². The van der Waals surface area contributed by atoms with Gasteiger partial charge in [-0.05, 0) is 154 Å². The first kappa shape index (κ1) is 54.0. The van der Waals surface area contributed by atoms with E-state index in [1.807, 2.05) is 133 Å². The first-order valence-corrected chi connectivity index (χ1v) is 30.4. The Morgan fingerprint density at radius 3 is 0.618 bits per heavy atom. The molecule has 10 aromatic rings. The van der Waals surface area contributed by atoms with Gasteiger partial charge in [0.25, 0.3) is 0 Å². The van der Waals surface area contributed by atoms with Gasteiger partial charge >= 0.3 is 0 Å². The molecule has 0 aliphatic carbocycles. The third kappa shape index (κ3) is 11.9. The second-order valence-electron chi connectivity index (χ2n) is 17.1. The summed E-state index contributed by atoms with van der Waals surface area (Å²) < 4.78 is 109. The van der Waals surface area contributed by atoms with Crippen LogP contribution in [0.25, 0.3) is 44.5 Å². The van der Waals surface area contributed by atoms with Crippen LogP contribution >= 0.6 is 46.4 Å². The summed E-state index contributed by atoms with van der Waals surface area (Å²) >= 11 is 23.5. The zero-order valence-electron chi connectivity index (χ0n) is 39.5. The van der Waals surface area contributed by atoms with Crippen molar-refractivity contribution in [3.05, 3.63) is 263 Å². The fourth-order valence-corrected chi connectivity index (χ4v) is 15.2. The molecule has 0 unspecified atom stereocenters. The van der Waals surface area contributed by atoms with Crippen molar-refractivity contribution in [1.82, 2.24) is 0 Å². The lowest BCUT2D eigenvalue weighted by Gasteiger charge is -2.14. The Balaban J connectivity index is 0.000000214. The maximum Gasteiger partial charge on any atom is 0.206 e. The molecule has 16 heteroatoms. The van der Waals surface area contributed by atoms with Gasteiger partial charge in [0.15, 0.2) is 0 Å². The number of benzene rings is 10. The molecule has 8 nitrogen and oxygen atoms in total. The molecule has 0 amide bonds. The lowest BCUT2D eigenvalue weighted by Crippen LogP contribution is -2.07. The quantitative estimate of drug-likeness (QED) is 0.118. The van der Waals surface area contributed by atoms with Crippen molar-refractivity contribution in [1.29, 1.82) is 0 Å². The molecule has 0 radical (unpaired) electrons. The maximum atomic E-state index is 14.3. The highest BCUT2D eigenvalue weighted by Gasteiger charge is 2.27. The molecular weight excluding hydrogens is 1120 g/mol. The van der Waals surface area contributed by atoms with Crippen LogP contribution in [0.4, 0.5) is 0 Å². The summed E-state index contributed by atoms with van der Waals surface area (Å²) in [5, 5.41) is 0.568. The highest BCUT2D eigenvalue weighted by Crippen LogP contribution is 2.37. The minimum Gasteiger partial charge on any atom is -0.219 e. The van der Waals surface area contributed by atoms with Gasteiger partial charge in [0.05, 0.1) is 39.2 Å². The van der Waals surface area contributed by atoms with Gasteiger partial charge in [-0.1, -0.05) is 180 Å². The van der Waals surface area contributed by atoms with Gasteiger partial charge < -0.3 is 0 Å². The van der Waals surface area contributed by atoms with Crippen LogP contribution in [0.3, 0.4) is 0 Å². The van der Waals surface area contributed by atoms with Crippen molar-refractivity contribution in [3.8, 4) is 44.5 Å². The highest BCUT2D eigenvalue weighted by atomic mass is 35.5. The second-order valence-corrected chi connectivity index (χ2v) is 26.7. The molecule has 0 N–H and O–H groups in total. The molecule has 0 aliphatic rings. The van der Waals surface area contributed by atoms with Crippen LogP contribution in [0.5, 0.6) is 0 Å². The molecule has 380 valence electrons. The van der Waals surface area contributed by atoms with E-state index in [9.17, 15) is 33.7 Å². The molecule has 0 saturated carbocycles. The molecule has 0 aromatic heterocycles. The van der Waals surface area contributed by atoms with Gasteiger partial charge in [-0.2, -0.15) is 0 Å². The van der Waals surface area contributed by atoms with E-state index in [0.717, 1.165) is 50.6 Å². The summed E-state index contributed by atoms with van der Waals surface area (Å²) in [6, 6.07) is 67.2. The number of sulfone groups is 4. The minimum absolute atomic E-state index is 0.0784. The Morgan fingerprint density at radius 2 is 0.395 bits per heavy atom. The summed E-state index contributed by atoms with van der Waals surface area (Å²) in [6.45, 7) is 0. The molecule has 76 heavy (non-hydrogen) atoms. The molecule has 10 rings (SSSR count). The minimum atomic E-state index is -4.13. The van der Waals surface area contributed by atoms with Crippen LogP contribution in [-0.4, -0.2) is 33.7 Å². The van der Waals surface area contributed by atoms with E-state index in [1.165, 1.54) is 78.9 Å². The maximum absolute atomic E-state index is 14.3. The van der Waals surface area contributed by atoms with Crippen LogP contribution in [0, 0.1) is 0 Å². The Hall–Kier alpha value is -6.84. The molecule has 0 spiro atoms. The molecule has 0 aliphatic heterocycles. The van der Waals surface area contributed by atoms with Gasteiger partial charge in [-0.15, -0.1) is 0 Å². The van der Waals surface area contributed by atoms with E-state index in [0.29, 0.717) is 0 Å². The summed E-state index contributed by atoms with van der Waals surface area (Å²) in [5.41, 5.74) is 6.45. The Morgan fingerprint density at radius 1 is 0.184 bits per heavy atom. The van der Waals surface area contributed by atoms with E-state index < -0.39 is 39.3 Å². The molecule has 0 bridgehead atoms. The first-order chi connectivity index (χ1) is 36.3. The fraction of sp³-hybridized carbons (Fsp3) is 0. The predicted molar refractivity (Wildman–Crippen MR) is 302 cm³/mol. The van der Waals surface area contributed by atoms with Crippen molar-refractivity contribution >= 4 is 85.8 Å². The fourth-order valence-electron chi connectivity index (χ4n) is 8.23. The summed E-state index contributed by atoms with van der Waals surface area (Å²) in [4.78, 5) is -0.786. The van der Waals surface area contributed by atoms with Crippen LogP contribution < -0.4 is 0 Å². The molecule has 0 fully saturated rings. The van der Waals surface area contributed by atoms with Crippen LogP contribution in [0.2, 0.25) is 20.1 Å². The average Bonchev–Trinajstić information content (AvgIpc) is 3.46. The largest absolute Gasteiger partial charge is 0.219 e. The van der Waals surface area contributed by atoms with Crippen molar-refractivity contribution in [2.45, 2.75) is 39.2 Å². The zero-order chi connectivity index (χ0) is 53.8. The number of hydrogen-bond acceptors (Lipinski definition) is 8. The molecular formula is C60H40Cl4O8S4. The van der Waals surface area contributed by atoms with Crippen molar-refractivity contribution in [3.63, 3.8) is 0 Å². The summed E-state index contributed by atoms with van der Waals surface area (Å²) in [7, 11) is -16.4. The van der Waals surface area contributed by atoms with E-state index in [-0.39, 0.29) is 59.3 Å². The number of halogens is 4. The van der Waals surface area contributed by atoms with Crippen LogP contribution in [0.15, 0.2) is 282 Å². The molecule has 0 saturated heterocycles. The lowest BCUT2D eigenvalue weighted by atomic mass is 9.99. The van der Waals surface area contributed by atoms with E-state index >= 15 is 0 Å². The Kier molecular flexibility index (Phi) is 15.9. The first-order valence-electron chi connectivity index (χ1n) is 22.9. The van der Waals surface area contributed by atoms with Gasteiger partial charge in [0.1, 0.15) is 0 Å². The van der Waals surface area contributed by atoms with Crippen LogP contribution in [-0.2, 0) is 39.3 Å². The van der Waals surface area contributed by atoms with Gasteiger partial charge in [-0.25, -0.2) is 33.7 Å². The van der Waals surface area contributed by atoms with Crippen molar-refractivity contribution in [2.24, 2.45) is 0 Å². The third-order valence-electron chi connectivity index (χ3n) is 12.0. The normalized spacial score (nSPS) is 11.8. The monoisotopic (exact) mass is 1160 g/mol. The summed E-state index contributed by atoms with van der Waals surface area (Å²) in [5.74, 6) is 0.